The van der Waals surface area contributed by atoms with Crippen LogP contribution < -0.4 is 0 Å². The molecule has 0 unspecified atom stereocenters. The van der Waals surface area contributed by atoms with Gasteiger partial charge in [0.15, 0.2) is 0 Å². The average Bonchev–Trinajstić information content (AvgIpc) is 2.83. The van der Waals surface area contributed by atoms with Gasteiger partial charge in [0, 0.05) is 21.5 Å². The van der Waals surface area contributed by atoms with Crippen LogP contribution in [-0.2, 0) is 0 Å². The molecule has 5 aromatic carbocycles. The first kappa shape index (κ1) is 24.7. The summed E-state index contributed by atoms with van der Waals surface area (Å²) in [4.78, 5) is 0. The number of hydrogen-bond donors (Lipinski definition) is 0. The summed E-state index contributed by atoms with van der Waals surface area (Å²) >= 11 is 0. The zero-order valence-electron chi connectivity index (χ0n) is 23.8. The molecule has 0 heterocycles. The van der Waals surface area contributed by atoms with Gasteiger partial charge in [0.05, 0.1) is 0 Å². The number of fused-ring (bicyclic) bond motifs is 4. The van der Waals surface area contributed by atoms with E-state index in [1.807, 2.05) is 27.7 Å². The summed E-state index contributed by atoms with van der Waals surface area (Å²) in [5.41, 5.74) is 12.8. The first-order valence-electron chi connectivity index (χ1n) is 12.9. The number of hydrogen-bond acceptors (Lipinski definition) is 0. The van der Waals surface area contributed by atoms with E-state index in [0.717, 1.165) is 66.1 Å². The van der Waals surface area contributed by atoms with Gasteiger partial charge in [-0.15, -0.1) is 0 Å². The average molecular weight is 483 g/mol. The van der Waals surface area contributed by atoms with Crippen molar-refractivity contribution in [2.75, 3.05) is 0 Å². The third kappa shape index (κ3) is 2.74. The Labute approximate surface area is 213 Å². The molecule has 0 bridgehead atoms. The number of benzene rings is 5. The molecular formula is C34H36F2. The minimum Gasteiger partial charge on any atom is -0.206 e. The van der Waals surface area contributed by atoms with Crippen molar-refractivity contribution in [2.45, 2.75) is 83.1 Å². The maximum absolute atomic E-state index is 16.8. The van der Waals surface area contributed by atoms with E-state index in [4.69, 9.17) is 0 Å². The van der Waals surface area contributed by atoms with Gasteiger partial charge < -0.3 is 0 Å². The van der Waals surface area contributed by atoms with Crippen molar-refractivity contribution in [3.63, 3.8) is 0 Å². The maximum Gasteiger partial charge on any atom is 0.139 e. The molecule has 0 aliphatic heterocycles. The Hall–Kier alpha value is -3.00. The highest BCUT2D eigenvalue weighted by atomic mass is 19.1. The Morgan fingerprint density at radius 2 is 0.389 bits per heavy atom. The van der Waals surface area contributed by atoms with E-state index in [1.54, 1.807) is 0 Å². The zero-order valence-corrected chi connectivity index (χ0v) is 23.8. The van der Waals surface area contributed by atoms with Crippen molar-refractivity contribution < 1.29 is 8.78 Å². The minimum absolute atomic E-state index is 0.294. The lowest BCUT2D eigenvalue weighted by Crippen LogP contribution is -2.05. The van der Waals surface area contributed by atoms with Crippen LogP contribution in [0.2, 0.25) is 0 Å². The van der Waals surface area contributed by atoms with E-state index >= 15 is 8.78 Å². The topological polar surface area (TPSA) is 0 Å². The van der Waals surface area contributed by atoms with Gasteiger partial charge in [-0.3, -0.25) is 0 Å². The fourth-order valence-corrected chi connectivity index (χ4v) is 7.10. The quantitative estimate of drug-likeness (QED) is 0.193. The van der Waals surface area contributed by atoms with Crippen LogP contribution in [0.3, 0.4) is 0 Å². The van der Waals surface area contributed by atoms with Gasteiger partial charge >= 0.3 is 0 Å². The minimum atomic E-state index is -0.294. The molecule has 0 atom stereocenters. The number of aryl methyl sites for hydroxylation is 8. The van der Waals surface area contributed by atoms with Gasteiger partial charge in [0.25, 0.3) is 0 Å². The van der Waals surface area contributed by atoms with Crippen LogP contribution in [0, 0.1) is 94.7 Å². The lowest BCUT2D eigenvalue weighted by Gasteiger charge is -2.24. The monoisotopic (exact) mass is 482 g/mol. The van der Waals surface area contributed by atoms with Crippen molar-refractivity contribution in [1.29, 1.82) is 0 Å². The normalized spacial score (nSPS) is 12.2. The zero-order chi connectivity index (χ0) is 26.7. The molecule has 186 valence electrons. The molecule has 36 heavy (non-hydrogen) atoms. The number of halogens is 2. The molecule has 5 aromatic rings. The maximum atomic E-state index is 16.8. The molecule has 0 saturated carbocycles. The van der Waals surface area contributed by atoms with Crippen LogP contribution in [0.15, 0.2) is 0 Å². The van der Waals surface area contributed by atoms with Crippen molar-refractivity contribution in [1.82, 2.24) is 0 Å². The van der Waals surface area contributed by atoms with E-state index in [2.05, 4.69) is 55.4 Å². The van der Waals surface area contributed by atoms with E-state index in [-0.39, 0.29) is 11.6 Å². The molecule has 0 nitrogen and oxygen atoms in total. The molecule has 0 amide bonds. The van der Waals surface area contributed by atoms with Crippen molar-refractivity contribution in [3.8, 4) is 0 Å². The summed E-state index contributed by atoms with van der Waals surface area (Å²) in [5.74, 6) is -0.589. The summed E-state index contributed by atoms with van der Waals surface area (Å²) < 4.78 is 33.7. The van der Waals surface area contributed by atoms with Crippen LogP contribution in [0.25, 0.3) is 43.1 Å². The lowest BCUT2D eigenvalue weighted by atomic mass is 9.80. The highest BCUT2D eigenvalue weighted by molar-refractivity contribution is 6.17. The first-order valence-corrected chi connectivity index (χ1v) is 12.9. The van der Waals surface area contributed by atoms with E-state index in [9.17, 15) is 0 Å². The van der Waals surface area contributed by atoms with Crippen molar-refractivity contribution in [2.24, 2.45) is 0 Å². The molecule has 2 heteroatoms. The molecule has 0 aromatic heterocycles. The number of rotatable bonds is 0. The molecule has 0 radical (unpaired) electrons. The van der Waals surface area contributed by atoms with Crippen LogP contribution in [0.1, 0.15) is 66.8 Å². The Kier molecular flexibility index (Phi) is 5.31. The van der Waals surface area contributed by atoms with E-state index in [0.29, 0.717) is 21.5 Å². The Morgan fingerprint density at radius 3 is 0.556 bits per heavy atom. The Bertz CT molecular complexity index is 1580. The molecular weight excluding hydrogens is 446 g/mol. The van der Waals surface area contributed by atoms with Gasteiger partial charge in [-0.05, 0) is 171 Å². The molecule has 5 rings (SSSR count). The van der Waals surface area contributed by atoms with Crippen LogP contribution in [0.5, 0.6) is 0 Å². The summed E-state index contributed by atoms with van der Waals surface area (Å²) in [6.07, 6.45) is 0. The van der Waals surface area contributed by atoms with E-state index in [1.165, 1.54) is 22.3 Å². The smallest absolute Gasteiger partial charge is 0.139 e. The molecule has 0 spiro atoms. The van der Waals surface area contributed by atoms with Crippen molar-refractivity contribution in [3.05, 3.63) is 78.4 Å². The molecule has 0 aliphatic carbocycles. The first-order chi connectivity index (χ1) is 16.7. The molecule has 0 aliphatic rings. The predicted molar refractivity (Wildman–Crippen MR) is 153 cm³/mol. The summed E-state index contributed by atoms with van der Waals surface area (Å²) in [5, 5.41) is 5.95. The molecule has 0 saturated heterocycles. The Balaban J connectivity index is 2.22. The van der Waals surface area contributed by atoms with Gasteiger partial charge in [-0.1, -0.05) is 0 Å². The summed E-state index contributed by atoms with van der Waals surface area (Å²) in [6.45, 7) is 24.8. The second-order valence-corrected chi connectivity index (χ2v) is 11.1. The fraction of sp³-hybridized carbons (Fsp3) is 0.353. The second-order valence-electron chi connectivity index (χ2n) is 11.1. The highest BCUT2D eigenvalue weighted by Crippen LogP contribution is 2.46. The summed E-state index contributed by atoms with van der Waals surface area (Å²) in [6, 6.07) is 0. The third-order valence-corrected chi connectivity index (χ3v) is 9.75. The van der Waals surface area contributed by atoms with Crippen LogP contribution in [0.4, 0.5) is 8.78 Å². The molecule has 0 fully saturated rings. The standard InChI is InChI=1S/C34H36F2/c1-13-14(2)18(6)26-22(10)30-29(21(9)25(26)17(13)5)33(35)31-23(11)27-19(7)15(3)16(4)20(8)28(27)24(12)32(31)34(30)36/h1-12H3. The third-order valence-electron chi connectivity index (χ3n) is 9.75. The largest absolute Gasteiger partial charge is 0.206 e. The second kappa shape index (κ2) is 7.75. The predicted octanol–water partition coefficient (Wildman–Crippen LogP) is 10.3. The van der Waals surface area contributed by atoms with Crippen LogP contribution >= 0.6 is 0 Å². The summed E-state index contributed by atoms with van der Waals surface area (Å²) in [7, 11) is 0. The molecule has 0 N–H and O–H groups in total. The van der Waals surface area contributed by atoms with Gasteiger partial charge in [0.1, 0.15) is 11.6 Å². The van der Waals surface area contributed by atoms with Crippen LogP contribution in [-0.4, -0.2) is 0 Å². The van der Waals surface area contributed by atoms with Gasteiger partial charge in [-0.25, -0.2) is 8.78 Å². The van der Waals surface area contributed by atoms with Crippen molar-refractivity contribution >= 4 is 43.1 Å². The Morgan fingerprint density at radius 1 is 0.222 bits per heavy atom. The SMILES string of the molecule is Cc1c(C)c(C)c2c(C)c3c(F)c4c(C)c5c(C)c(C)c(C)c(C)c5c(C)c4c(F)c3c(C)c2c1C. The highest BCUT2D eigenvalue weighted by Gasteiger charge is 2.27. The van der Waals surface area contributed by atoms with Gasteiger partial charge in [-0.2, -0.15) is 0 Å². The fourth-order valence-electron chi connectivity index (χ4n) is 7.10. The van der Waals surface area contributed by atoms with E-state index < -0.39 is 0 Å². The lowest BCUT2D eigenvalue weighted by molar-refractivity contribution is 0.633. The van der Waals surface area contributed by atoms with Gasteiger partial charge in [0.2, 0.25) is 0 Å².